The number of hydrogen-bond donors (Lipinski definition) is 1. The van der Waals surface area contributed by atoms with Gasteiger partial charge < -0.3 is 19.7 Å². The SMILES string of the molecule is CN1C(=O)NCC12CCN(C(=O)c1ccc3c(c1)ncn3C)CC2. The number of carbonyl (C=O) groups excluding carboxylic acids is 2. The molecule has 2 aliphatic heterocycles. The van der Waals surface area contributed by atoms with E-state index in [0.717, 1.165) is 23.9 Å². The Morgan fingerprint density at radius 3 is 2.67 bits per heavy atom. The van der Waals surface area contributed by atoms with E-state index in [1.807, 2.05) is 41.8 Å². The number of imidazole rings is 1. The Labute approximate surface area is 140 Å². The number of urea groups is 1. The van der Waals surface area contributed by atoms with E-state index in [0.29, 0.717) is 25.2 Å². The van der Waals surface area contributed by atoms with Crippen molar-refractivity contribution in [2.75, 3.05) is 26.7 Å². The number of benzene rings is 1. The molecule has 7 nitrogen and oxygen atoms in total. The molecule has 126 valence electrons. The Morgan fingerprint density at radius 2 is 2.00 bits per heavy atom. The van der Waals surface area contributed by atoms with Crippen LogP contribution in [0, 0.1) is 0 Å². The van der Waals surface area contributed by atoms with Crippen molar-refractivity contribution in [1.29, 1.82) is 0 Å². The van der Waals surface area contributed by atoms with Crippen LogP contribution in [0.3, 0.4) is 0 Å². The average molecular weight is 327 g/mol. The van der Waals surface area contributed by atoms with E-state index in [2.05, 4.69) is 10.3 Å². The molecular formula is C17H21N5O2. The first-order valence-electron chi connectivity index (χ1n) is 8.22. The second-order valence-electron chi connectivity index (χ2n) is 6.79. The first-order chi connectivity index (χ1) is 11.5. The summed E-state index contributed by atoms with van der Waals surface area (Å²) in [5.74, 6) is 0.0392. The summed E-state index contributed by atoms with van der Waals surface area (Å²) < 4.78 is 1.94. The monoisotopic (exact) mass is 327 g/mol. The summed E-state index contributed by atoms with van der Waals surface area (Å²) in [5, 5.41) is 2.90. The third kappa shape index (κ3) is 2.15. The number of piperidine rings is 1. The van der Waals surface area contributed by atoms with Crippen LogP contribution in [-0.4, -0.2) is 63.5 Å². The molecule has 0 unspecified atom stereocenters. The molecule has 0 aliphatic carbocycles. The number of fused-ring (bicyclic) bond motifs is 1. The van der Waals surface area contributed by atoms with Crippen LogP contribution in [-0.2, 0) is 7.05 Å². The number of rotatable bonds is 1. The zero-order chi connectivity index (χ0) is 16.9. The molecular weight excluding hydrogens is 306 g/mol. The molecule has 0 saturated carbocycles. The van der Waals surface area contributed by atoms with Crippen LogP contribution in [0.1, 0.15) is 23.2 Å². The third-order valence-corrected chi connectivity index (χ3v) is 5.54. The van der Waals surface area contributed by atoms with Crippen LogP contribution in [0.4, 0.5) is 4.79 Å². The van der Waals surface area contributed by atoms with Gasteiger partial charge in [-0.25, -0.2) is 9.78 Å². The lowest BCUT2D eigenvalue weighted by Crippen LogP contribution is -2.54. The standard InChI is InChI=1S/C17H21N5O2/c1-20-11-19-13-9-12(3-4-14(13)20)15(23)22-7-5-17(6-8-22)10-18-16(24)21(17)2/h3-4,9,11H,5-8,10H2,1-2H3,(H,18,24). The van der Waals surface area contributed by atoms with Crippen molar-refractivity contribution in [2.45, 2.75) is 18.4 Å². The third-order valence-electron chi connectivity index (χ3n) is 5.54. The largest absolute Gasteiger partial charge is 0.338 e. The molecule has 1 aromatic carbocycles. The Hall–Kier alpha value is -2.57. The minimum atomic E-state index is -0.140. The van der Waals surface area contributed by atoms with Gasteiger partial charge in [-0.2, -0.15) is 0 Å². The Bertz CT molecular complexity index is 819. The van der Waals surface area contributed by atoms with Crippen molar-refractivity contribution in [1.82, 2.24) is 24.7 Å². The molecule has 4 rings (SSSR count). The van der Waals surface area contributed by atoms with Crippen LogP contribution in [0.15, 0.2) is 24.5 Å². The van der Waals surface area contributed by atoms with Gasteiger partial charge >= 0.3 is 6.03 Å². The lowest BCUT2D eigenvalue weighted by Gasteiger charge is -2.42. The summed E-state index contributed by atoms with van der Waals surface area (Å²) in [6.45, 7) is 2.00. The number of aromatic nitrogens is 2. The predicted molar refractivity (Wildman–Crippen MR) is 89.7 cm³/mol. The highest BCUT2D eigenvalue weighted by Gasteiger charge is 2.45. The highest BCUT2D eigenvalue weighted by atomic mass is 16.2. The summed E-state index contributed by atoms with van der Waals surface area (Å²) in [6, 6.07) is 5.64. The van der Waals surface area contributed by atoms with Crippen LogP contribution in [0.25, 0.3) is 11.0 Å². The van der Waals surface area contributed by atoms with Crippen LogP contribution in [0.5, 0.6) is 0 Å². The highest BCUT2D eigenvalue weighted by molar-refractivity contribution is 5.97. The zero-order valence-electron chi connectivity index (χ0n) is 14.0. The summed E-state index contributed by atoms with van der Waals surface area (Å²) in [4.78, 5) is 32.5. The number of aryl methyl sites for hydroxylation is 1. The minimum Gasteiger partial charge on any atom is -0.338 e. The maximum absolute atomic E-state index is 12.8. The lowest BCUT2D eigenvalue weighted by molar-refractivity contribution is 0.0565. The van der Waals surface area contributed by atoms with E-state index in [1.54, 1.807) is 11.2 Å². The predicted octanol–water partition coefficient (Wildman–Crippen LogP) is 1.20. The summed E-state index contributed by atoms with van der Waals surface area (Å²) in [7, 11) is 3.78. The van der Waals surface area contributed by atoms with Gasteiger partial charge in [-0.1, -0.05) is 0 Å². The topological polar surface area (TPSA) is 70.5 Å². The van der Waals surface area contributed by atoms with Crippen molar-refractivity contribution < 1.29 is 9.59 Å². The maximum Gasteiger partial charge on any atom is 0.317 e. The van der Waals surface area contributed by atoms with Gasteiger partial charge in [0.25, 0.3) is 5.91 Å². The molecule has 1 aromatic heterocycles. The molecule has 3 heterocycles. The Kier molecular flexibility index (Phi) is 3.26. The molecule has 0 atom stereocenters. The Balaban J connectivity index is 1.50. The lowest BCUT2D eigenvalue weighted by atomic mass is 9.87. The zero-order valence-corrected chi connectivity index (χ0v) is 14.0. The number of hydrogen-bond acceptors (Lipinski definition) is 3. The van der Waals surface area contributed by atoms with Crippen LogP contribution < -0.4 is 5.32 Å². The van der Waals surface area contributed by atoms with Gasteiger partial charge in [0.15, 0.2) is 0 Å². The molecule has 2 fully saturated rings. The fourth-order valence-electron chi connectivity index (χ4n) is 3.78. The van der Waals surface area contributed by atoms with Crippen LogP contribution in [0.2, 0.25) is 0 Å². The van der Waals surface area contributed by atoms with Gasteiger partial charge in [0.05, 0.1) is 22.9 Å². The van der Waals surface area contributed by atoms with Crippen molar-refractivity contribution >= 4 is 23.0 Å². The van der Waals surface area contributed by atoms with Gasteiger partial charge in [0, 0.05) is 39.3 Å². The number of likely N-dealkylation sites (tertiary alicyclic amines) is 1. The molecule has 1 spiro atoms. The number of amides is 3. The van der Waals surface area contributed by atoms with E-state index in [4.69, 9.17) is 0 Å². The molecule has 0 bridgehead atoms. The normalized spacial score (nSPS) is 20.0. The van der Waals surface area contributed by atoms with Crippen molar-refractivity contribution in [3.8, 4) is 0 Å². The fourth-order valence-corrected chi connectivity index (χ4v) is 3.78. The van der Waals surface area contributed by atoms with Crippen molar-refractivity contribution in [3.63, 3.8) is 0 Å². The van der Waals surface area contributed by atoms with Gasteiger partial charge in [-0.3, -0.25) is 4.79 Å². The van der Waals surface area contributed by atoms with Gasteiger partial charge in [0.2, 0.25) is 0 Å². The quantitative estimate of drug-likeness (QED) is 0.856. The fraction of sp³-hybridized carbons (Fsp3) is 0.471. The minimum absolute atomic E-state index is 0.0182. The van der Waals surface area contributed by atoms with Gasteiger partial charge in [0.1, 0.15) is 0 Å². The molecule has 1 N–H and O–H groups in total. The molecule has 24 heavy (non-hydrogen) atoms. The number of nitrogens with zero attached hydrogens (tertiary/aromatic N) is 4. The van der Waals surface area contributed by atoms with Crippen molar-refractivity contribution in [3.05, 3.63) is 30.1 Å². The van der Waals surface area contributed by atoms with Gasteiger partial charge in [-0.15, -0.1) is 0 Å². The maximum atomic E-state index is 12.8. The van der Waals surface area contributed by atoms with E-state index >= 15 is 0 Å². The van der Waals surface area contributed by atoms with Gasteiger partial charge in [-0.05, 0) is 31.0 Å². The number of nitrogens with one attached hydrogen (secondary N) is 1. The molecule has 0 radical (unpaired) electrons. The summed E-state index contributed by atoms with van der Waals surface area (Å²) in [5.41, 5.74) is 2.38. The number of likely N-dealkylation sites (N-methyl/N-ethyl adjacent to an activating group) is 1. The second kappa shape index (κ2) is 5.22. The average Bonchev–Trinajstić information content (AvgIpc) is 3.11. The van der Waals surface area contributed by atoms with Crippen LogP contribution >= 0.6 is 0 Å². The summed E-state index contributed by atoms with van der Waals surface area (Å²) in [6.07, 6.45) is 3.36. The molecule has 7 heteroatoms. The second-order valence-corrected chi connectivity index (χ2v) is 6.79. The molecule has 2 aliphatic rings. The number of carbonyl (C=O) groups is 2. The van der Waals surface area contributed by atoms with E-state index < -0.39 is 0 Å². The smallest absolute Gasteiger partial charge is 0.317 e. The molecule has 3 amide bonds. The Morgan fingerprint density at radius 1 is 1.25 bits per heavy atom. The molecule has 2 aromatic rings. The first kappa shape index (κ1) is 15.0. The highest BCUT2D eigenvalue weighted by Crippen LogP contribution is 2.31. The molecule has 2 saturated heterocycles. The van der Waals surface area contributed by atoms with E-state index in [-0.39, 0.29) is 17.5 Å². The van der Waals surface area contributed by atoms with Crippen molar-refractivity contribution in [2.24, 2.45) is 7.05 Å². The first-order valence-corrected chi connectivity index (χ1v) is 8.22. The van der Waals surface area contributed by atoms with E-state index in [9.17, 15) is 9.59 Å². The summed E-state index contributed by atoms with van der Waals surface area (Å²) >= 11 is 0. The van der Waals surface area contributed by atoms with E-state index in [1.165, 1.54) is 0 Å².